The van der Waals surface area contributed by atoms with E-state index in [0.717, 1.165) is 0 Å². The molecule has 1 rings (SSSR count). The summed E-state index contributed by atoms with van der Waals surface area (Å²) in [5.74, 6) is -0.495. The van der Waals surface area contributed by atoms with E-state index in [1.165, 1.54) is 0 Å². The third kappa shape index (κ3) is 1.23. The third-order valence-electron chi connectivity index (χ3n) is 2.21. The quantitative estimate of drug-likeness (QED) is 0.621. The van der Waals surface area contributed by atoms with Crippen molar-refractivity contribution in [2.24, 2.45) is 5.92 Å². The molecular formula is C6H8ClNO2S. The molecule has 0 N–H and O–H groups in total. The molecule has 0 spiro atoms. The molecule has 1 fully saturated rings. The predicted molar refractivity (Wildman–Crippen MR) is 41.5 cm³/mol. The summed E-state index contributed by atoms with van der Waals surface area (Å²) in [6.45, 7) is 1.59. The first kappa shape index (κ1) is 8.82. The van der Waals surface area contributed by atoms with Crippen molar-refractivity contribution in [2.45, 2.75) is 24.5 Å². The van der Waals surface area contributed by atoms with Gasteiger partial charge in [-0.05, 0) is 19.8 Å². The van der Waals surface area contributed by atoms with Crippen molar-refractivity contribution in [3.05, 3.63) is 0 Å². The zero-order valence-corrected chi connectivity index (χ0v) is 7.61. The lowest BCUT2D eigenvalue weighted by Crippen LogP contribution is -2.25. The molecule has 1 atom stereocenters. The van der Waals surface area contributed by atoms with E-state index in [1.807, 2.05) is 6.07 Å². The van der Waals surface area contributed by atoms with E-state index in [4.69, 9.17) is 15.9 Å². The van der Waals surface area contributed by atoms with Crippen LogP contribution in [0.5, 0.6) is 0 Å². The molecule has 0 aromatic heterocycles. The van der Waals surface area contributed by atoms with Crippen LogP contribution >= 0.6 is 10.7 Å². The van der Waals surface area contributed by atoms with Crippen LogP contribution in [0, 0.1) is 17.2 Å². The topological polar surface area (TPSA) is 57.9 Å². The van der Waals surface area contributed by atoms with Gasteiger partial charge in [-0.1, -0.05) is 0 Å². The summed E-state index contributed by atoms with van der Waals surface area (Å²) in [7, 11) is 1.63. The molecule has 0 amide bonds. The zero-order chi connectivity index (χ0) is 8.70. The number of rotatable bonds is 2. The lowest BCUT2D eigenvalue weighted by molar-refractivity contribution is 0.564. The van der Waals surface area contributed by atoms with Crippen molar-refractivity contribution >= 4 is 19.7 Å². The fraction of sp³-hybridized carbons (Fsp3) is 0.833. The van der Waals surface area contributed by atoms with Gasteiger partial charge in [-0.2, -0.15) is 5.26 Å². The predicted octanol–water partition coefficient (Wildman–Crippen LogP) is 1.25. The van der Waals surface area contributed by atoms with Gasteiger partial charge in [0.2, 0.25) is 9.05 Å². The average molecular weight is 194 g/mol. The molecule has 1 saturated carbocycles. The molecule has 62 valence electrons. The molecule has 5 heteroatoms. The van der Waals surface area contributed by atoms with Gasteiger partial charge in [-0.25, -0.2) is 8.42 Å². The van der Waals surface area contributed by atoms with Gasteiger partial charge in [-0.15, -0.1) is 0 Å². The maximum atomic E-state index is 10.9. The van der Waals surface area contributed by atoms with Crippen LogP contribution in [0.2, 0.25) is 0 Å². The van der Waals surface area contributed by atoms with Crippen LogP contribution in [0.15, 0.2) is 0 Å². The maximum Gasteiger partial charge on any atom is 0.239 e. The van der Waals surface area contributed by atoms with Crippen LogP contribution < -0.4 is 0 Å². The molecule has 1 aliphatic rings. The summed E-state index contributed by atoms with van der Waals surface area (Å²) in [6.07, 6.45) is 1.04. The number of nitriles is 1. The fourth-order valence-corrected chi connectivity index (χ4v) is 3.06. The van der Waals surface area contributed by atoms with Crippen molar-refractivity contribution in [2.75, 3.05) is 0 Å². The van der Waals surface area contributed by atoms with Crippen molar-refractivity contribution < 1.29 is 8.42 Å². The van der Waals surface area contributed by atoms with Gasteiger partial charge >= 0.3 is 0 Å². The SMILES string of the molecule is CC(C#N)C1(S(=O)(=O)Cl)CC1. The third-order valence-corrected chi connectivity index (χ3v) is 4.87. The Balaban J connectivity index is 2.96. The van der Waals surface area contributed by atoms with E-state index in [-0.39, 0.29) is 0 Å². The highest BCUT2D eigenvalue weighted by Gasteiger charge is 2.58. The van der Waals surface area contributed by atoms with Crippen LogP contribution in [-0.4, -0.2) is 13.2 Å². The summed E-state index contributed by atoms with van der Waals surface area (Å²) in [5, 5.41) is 8.50. The van der Waals surface area contributed by atoms with E-state index >= 15 is 0 Å². The average Bonchev–Trinajstić information content (AvgIpc) is 2.63. The van der Waals surface area contributed by atoms with Gasteiger partial charge in [0.05, 0.1) is 12.0 Å². The Labute approximate surface area is 70.4 Å². The fourth-order valence-electron chi connectivity index (χ4n) is 1.13. The number of nitrogens with zero attached hydrogens (tertiary/aromatic N) is 1. The Hall–Kier alpha value is -0.270. The summed E-state index contributed by atoms with van der Waals surface area (Å²) in [6, 6.07) is 1.91. The van der Waals surface area contributed by atoms with E-state index < -0.39 is 19.7 Å². The number of hydrogen-bond acceptors (Lipinski definition) is 3. The molecule has 1 aliphatic carbocycles. The zero-order valence-electron chi connectivity index (χ0n) is 6.04. The second-order valence-corrected chi connectivity index (χ2v) is 5.76. The molecule has 0 bridgehead atoms. The van der Waals surface area contributed by atoms with Gasteiger partial charge < -0.3 is 0 Å². The molecule has 0 aromatic rings. The minimum Gasteiger partial charge on any atom is -0.212 e. The number of halogens is 1. The highest BCUT2D eigenvalue weighted by atomic mass is 35.7. The van der Waals surface area contributed by atoms with E-state index in [9.17, 15) is 8.42 Å². The van der Waals surface area contributed by atoms with Crippen LogP contribution in [0.25, 0.3) is 0 Å². The first-order valence-electron chi connectivity index (χ1n) is 3.28. The van der Waals surface area contributed by atoms with Gasteiger partial charge in [-0.3, -0.25) is 0 Å². The lowest BCUT2D eigenvalue weighted by atomic mass is 10.1. The second-order valence-electron chi connectivity index (χ2n) is 2.85. The highest BCUT2D eigenvalue weighted by Crippen LogP contribution is 2.50. The van der Waals surface area contributed by atoms with E-state index in [0.29, 0.717) is 12.8 Å². The molecule has 11 heavy (non-hydrogen) atoms. The highest BCUT2D eigenvalue weighted by molar-refractivity contribution is 8.15. The molecule has 0 aromatic carbocycles. The van der Waals surface area contributed by atoms with Crippen LogP contribution in [0.4, 0.5) is 0 Å². The van der Waals surface area contributed by atoms with Gasteiger partial charge in [0.1, 0.15) is 4.75 Å². The second kappa shape index (κ2) is 2.36. The molecule has 3 nitrogen and oxygen atoms in total. The van der Waals surface area contributed by atoms with Gasteiger partial charge in [0, 0.05) is 10.7 Å². The van der Waals surface area contributed by atoms with Crippen molar-refractivity contribution in [3.63, 3.8) is 0 Å². The summed E-state index contributed by atoms with van der Waals surface area (Å²) in [5.41, 5.74) is 0. The molecule has 1 unspecified atom stereocenters. The van der Waals surface area contributed by atoms with Crippen LogP contribution in [0.3, 0.4) is 0 Å². The summed E-state index contributed by atoms with van der Waals surface area (Å²) < 4.78 is 20.9. The van der Waals surface area contributed by atoms with Gasteiger partial charge in [0.15, 0.2) is 0 Å². The number of hydrogen-bond donors (Lipinski definition) is 0. The normalized spacial score (nSPS) is 23.7. The minimum atomic E-state index is -3.55. The molecule has 0 heterocycles. The first-order chi connectivity index (χ1) is 4.94. The van der Waals surface area contributed by atoms with Crippen LogP contribution in [-0.2, 0) is 9.05 Å². The molecule has 0 aliphatic heterocycles. The Morgan fingerprint density at radius 2 is 2.09 bits per heavy atom. The maximum absolute atomic E-state index is 10.9. The van der Waals surface area contributed by atoms with E-state index in [1.54, 1.807) is 6.92 Å². The lowest BCUT2D eigenvalue weighted by Gasteiger charge is -2.11. The Bertz CT molecular complexity index is 299. The summed E-state index contributed by atoms with van der Waals surface area (Å²) in [4.78, 5) is 0. The summed E-state index contributed by atoms with van der Waals surface area (Å²) >= 11 is 0. The Kier molecular flexibility index (Phi) is 1.89. The van der Waals surface area contributed by atoms with Crippen molar-refractivity contribution in [1.29, 1.82) is 5.26 Å². The largest absolute Gasteiger partial charge is 0.239 e. The van der Waals surface area contributed by atoms with Crippen molar-refractivity contribution in [1.82, 2.24) is 0 Å². The molecule has 0 saturated heterocycles. The van der Waals surface area contributed by atoms with Gasteiger partial charge in [0.25, 0.3) is 0 Å². The van der Waals surface area contributed by atoms with Crippen molar-refractivity contribution in [3.8, 4) is 6.07 Å². The standard InChI is InChI=1S/C6H8ClNO2S/c1-5(4-8)6(2-3-6)11(7,9)10/h5H,2-3H2,1H3. The molecular weight excluding hydrogens is 186 g/mol. The van der Waals surface area contributed by atoms with E-state index in [2.05, 4.69) is 0 Å². The minimum absolute atomic E-state index is 0.495. The Morgan fingerprint density at radius 1 is 1.64 bits per heavy atom. The first-order valence-corrected chi connectivity index (χ1v) is 5.59. The monoisotopic (exact) mass is 193 g/mol. The Morgan fingerprint density at radius 3 is 2.18 bits per heavy atom. The molecule has 0 radical (unpaired) electrons. The van der Waals surface area contributed by atoms with Crippen LogP contribution in [0.1, 0.15) is 19.8 Å². The smallest absolute Gasteiger partial charge is 0.212 e.